The average Bonchev–Trinajstić information content (AvgIpc) is 2.44. The van der Waals surface area contributed by atoms with Gasteiger partial charge in [-0.25, -0.2) is 4.98 Å². The molecule has 0 saturated carbocycles. The molecule has 0 aliphatic heterocycles. The minimum atomic E-state index is -0.694. The van der Waals surface area contributed by atoms with Crippen LogP contribution in [0.5, 0.6) is 5.75 Å². The number of aromatic nitrogens is 1. The standard InChI is InChI=1S/C16H19NO3/c1-11-8-9-12-6-5-7-13(14(12)17-11)20-10-16(2,3)15(18)19-4/h5-9H,10H2,1-4H3. The van der Waals surface area contributed by atoms with Crippen molar-refractivity contribution in [2.75, 3.05) is 13.7 Å². The van der Waals surface area contributed by atoms with Crippen LogP contribution in [0.2, 0.25) is 0 Å². The highest BCUT2D eigenvalue weighted by Crippen LogP contribution is 2.26. The maximum Gasteiger partial charge on any atom is 0.314 e. The van der Waals surface area contributed by atoms with E-state index in [1.807, 2.05) is 37.3 Å². The molecule has 106 valence electrons. The Morgan fingerprint density at radius 1 is 1.25 bits per heavy atom. The van der Waals surface area contributed by atoms with E-state index in [4.69, 9.17) is 9.47 Å². The third kappa shape index (κ3) is 2.90. The van der Waals surface area contributed by atoms with Crippen LogP contribution in [-0.2, 0) is 9.53 Å². The number of methoxy groups -OCH3 is 1. The van der Waals surface area contributed by atoms with Crippen molar-refractivity contribution < 1.29 is 14.3 Å². The smallest absolute Gasteiger partial charge is 0.314 e. The van der Waals surface area contributed by atoms with Gasteiger partial charge in [0.1, 0.15) is 17.9 Å². The molecule has 0 atom stereocenters. The van der Waals surface area contributed by atoms with Gasteiger partial charge in [0.2, 0.25) is 0 Å². The van der Waals surface area contributed by atoms with Crippen LogP contribution < -0.4 is 4.74 Å². The molecule has 4 heteroatoms. The Morgan fingerprint density at radius 2 is 2.00 bits per heavy atom. The lowest BCUT2D eigenvalue weighted by molar-refractivity contribution is -0.152. The molecule has 20 heavy (non-hydrogen) atoms. The van der Waals surface area contributed by atoms with Crippen molar-refractivity contribution in [2.45, 2.75) is 20.8 Å². The molecule has 0 amide bonds. The highest BCUT2D eigenvalue weighted by molar-refractivity contribution is 5.84. The fraction of sp³-hybridized carbons (Fsp3) is 0.375. The fourth-order valence-electron chi connectivity index (χ4n) is 1.93. The molecular weight excluding hydrogens is 254 g/mol. The maximum absolute atomic E-state index is 11.7. The Balaban J connectivity index is 2.26. The lowest BCUT2D eigenvalue weighted by atomic mass is 9.95. The minimum absolute atomic E-state index is 0.244. The van der Waals surface area contributed by atoms with Gasteiger partial charge in [-0.1, -0.05) is 18.2 Å². The topological polar surface area (TPSA) is 48.4 Å². The van der Waals surface area contributed by atoms with Gasteiger partial charge in [-0.2, -0.15) is 0 Å². The van der Waals surface area contributed by atoms with E-state index in [-0.39, 0.29) is 12.6 Å². The van der Waals surface area contributed by atoms with E-state index in [1.165, 1.54) is 7.11 Å². The highest BCUT2D eigenvalue weighted by atomic mass is 16.5. The second-order valence-electron chi connectivity index (χ2n) is 5.44. The number of hydrogen-bond acceptors (Lipinski definition) is 4. The number of aryl methyl sites for hydroxylation is 1. The number of para-hydroxylation sites is 1. The number of nitrogens with zero attached hydrogens (tertiary/aromatic N) is 1. The van der Waals surface area contributed by atoms with E-state index < -0.39 is 5.41 Å². The first kappa shape index (κ1) is 14.3. The molecule has 0 aliphatic rings. The summed E-state index contributed by atoms with van der Waals surface area (Å²) >= 11 is 0. The van der Waals surface area contributed by atoms with Crippen molar-refractivity contribution in [3.63, 3.8) is 0 Å². The molecule has 2 aromatic rings. The number of benzene rings is 1. The summed E-state index contributed by atoms with van der Waals surface area (Å²) in [7, 11) is 1.38. The molecule has 2 rings (SSSR count). The number of rotatable bonds is 4. The van der Waals surface area contributed by atoms with Gasteiger partial charge in [0.25, 0.3) is 0 Å². The number of carbonyl (C=O) groups is 1. The molecule has 0 N–H and O–H groups in total. The SMILES string of the molecule is COC(=O)C(C)(C)COc1cccc2ccc(C)nc12. The zero-order valence-electron chi connectivity index (χ0n) is 12.3. The van der Waals surface area contributed by atoms with Crippen molar-refractivity contribution in [3.05, 3.63) is 36.0 Å². The van der Waals surface area contributed by atoms with Crippen LogP contribution in [0.15, 0.2) is 30.3 Å². The number of pyridine rings is 1. The van der Waals surface area contributed by atoms with Crippen LogP contribution in [0, 0.1) is 12.3 Å². The molecule has 0 fully saturated rings. The lowest BCUT2D eigenvalue weighted by Crippen LogP contribution is -2.32. The van der Waals surface area contributed by atoms with Crippen LogP contribution in [0.4, 0.5) is 0 Å². The van der Waals surface area contributed by atoms with Gasteiger partial charge in [-0.15, -0.1) is 0 Å². The van der Waals surface area contributed by atoms with Crippen LogP contribution in [0.25, 0.3) is 10.9 Å². The van der Waals surface area contributed by atoms with Gasteiger partial charge in [-0.3, -0.25) is 4.79 Å². The fourth-order valence-corrected chi connectivity index (χ4v) is 1.93. The molecular formula is C16H19NO3. The van der Waals surface area contributed by atoms with E-state index >= 15 is 0 Å². The summed E-state index contributed by atoms with van der Waals surface area (Å²) in [5.74, 6) is 0.394. The van der Waals surface area contributed by atoms with Gasteiger partial charge < -0.3 is 9.47 Å². The van der Waals surface area contributed by atoms with Crippen LogP contribution in [0.3, 0.4) is 0 Å². The highest BCUT2D eigenvalue weighted by Gasteiger charge is 2.30. The first-order chi connectivity index (χ1) is 9.44. The minimum Gasteiger partial charge on any atom is -0.490 e. The average molecular weight is 273 g/mol. The molecule has 0 aliphatic carbocycles. The molecule has 1 heterocycles. The van der Waals surface area contributed by atoms with Crippen LogP contribution in [0.1, 0.15) is 19.5 Å². The summed E-state index contributed by atoms with van der Waals surface area (Å²) in [6.07, 6.45) is 0. The summed E-state index contributed by atoms with van der Waals surface area (Å²) in [5.41, 5.74) is 1.05. The second kappa shape index (κ2) is 5.49. The second-order valence-corrected chi connectivity index (χ2v) is 5.44. The van der Waals surface area contributed by atoms with E-state index in [0.29, 0.717) is 5.75 Å². The molecule has 0 saturated heterocycles. The van der Waals surface area contributed by atoms with Crippen LogP contribution >= 0.6 is 0 Å². The largest absolute Gasteiger partial charge is 0.490 e. The van der Waals surface area contributed by atoms with Gasteiger partial charge in [0.05, 0.1) is 12.5 Å². The molecule has 0 spiro atoms. The lowest BCUT2D eigenvalue weighted by Gasteiger charge is -2.22. The number of esters is 1. The first-order valence-corrected chi connectivity index (χ1v) is 6.51. The molecule has 1 aromatic carbocycles. The quantitative estimate of drug-likeness (QED) is 0.803. The van der Waals surface area contributed by atoms with E-state index in [1.54, 1.807) is 13.8 Å². The van der Waals surface area contributed by atoms with Crippen molar-refractivity contribution >= 4 is 16.9 Å². The van der Waals surface area contributed by atoms with Crippen molar-refractivity contribution in [2.24, 2.45) is 5.41 Å². The molecule has 1 aromatic heterocycles. The normalized spacial score (nSPS) is 11.4. The Bertz CT molecular complexity index is 635. The Kier molecular flexibility index (Phi) is 3.93. The van der Waals surface area contributed by atoms with Gasteiger partial charge in [-0.05, 0) is 32.9 Å². The Labute approximate surface area is 118 Å². The summed E-state index contributed by atoms with van der Waals surface area (Å²) in [5, 5.41) is 1.02. The molecule has 0 unspecified atom stereocenters. The van der Waals surface area contributed by atoms with Gasteiger partial charge in [0, 0.05) is 11.1 Å². The Hall–Kier alpha value is -2.10. The van der Waals surface area contributed by atoms with Crippen molar-refractivity contribution in [3.8, 4) is 5.75 Å². The van der Waals surface area contributed by atoms with Gasteiger partial charge in [0.15, 0.2) is 0 Å². The maximum atomic E-state index is 11.7. The molecule has 0 bridgehead atoms. The van der Waals surface area contributed by atoms with Gasteiger partial charge >= 0.3 is 5.97 Å². The molecule has 0 radical (unpaired) electrons. The summed E-state index contributed by atoms with van der Waals surface area (Å²) in [4.78, 5) is 16.2. The predicted octanol–water partition coefficient (Wildman–Crippen LogP) is 3.12. The summed E-state index contributed by atoms with van der Waals surface area (Å²) < 4.78 is 10.6. The first-order valence-electron chi connectivity index (χ1n) is 6.51. The third-order valence-electron chi connectivity index (χ3n) is 3.15. The zero-order chi connectivity index (χ0) is 14.8. The number of hydrogen-bond donors (Lipinski definition) is 0. The van der Waals surface area contributed by atoms with Crippen molar-refractivity contribution in [1.82, 2.24) is 4.98 Å². The summed E-state index contributed by atoms with van der Waals surface area (Å²) in [6.45, 7) is 5.77. The van der Waals surface area contributed by atoms with E-state index in [9.17, 15) is 4.79 Å². The van der Waals surface area contributed by atoms with Crippen molar-refractivity contribution in [1.29, 1.82) is 0 Å². The molecule has 4 nitrogen and oxygen atoms in total. The Morgan fingerprint density at radius 3 is 2.70 bits per heavy atom. The van der Waals surface area contributed by atoms with Crippen LogP contribution in [-0.4, -0.2) is 24.7 Å². The predicted molar refractivity (Wildman–Crippen MR) is 77.8 cm³/mol. The zero-order valence-corrected chi connectivity index (χ0v) is 12.3. The monoisotopic (exact) mass is 273 g/mol. The third-order valence-corrected chi connectivity index (χ3v) is 3.15. The number of fused-ring (bicyclic) bond motifs is 1. The summed E-state index contributed by atoms with van der Waals surface area (Å²) in [6, 6.07) is 9.74. The number of ether oxygens (including phenoxy) is 2. The number of carbonyl (C=O) groups excluding carboxylic acids is 1. The van der Waals surface area contributed by atoms with E-state index in [0.717, 1.165) is 16.6 Å². The van der Waals surface area contributed by atoms with E-state index in [2.05, 4.69) is 4.98 Å².